The normalized spacial score (nSPS) is 21.6. The monoisotopic (exact) mass is 992 g/mol. The number of benzene rings is 2. The minimum Gasteiger partial charge on any atom is -0.507 e. The number of aliphatic hydroxyl groups is 3. The molecule has 1 unspecified atom stereocenters. The number of phenols is 2. The maximum absolute atomic E-state index is 14.0. The molecule has 6 N–H and O–H groups in total. The molecule has 24 heteroatoms. The number of nitrogens with zero attached hydrogens (tertiary/aromatic N) is 3. The highest BCUT2D eigenvalue weighted by molar-refractivity contribution is 6.31. The fraction of sp³-hybridized carbons (Fsp3) is 0.652. The summed E-state index contributed by atoms with van der Waals surface area (Å²) < 4.78 is 61.0. The van der Waals surface area contributed by atoms with Crippen LogP contribution in [0.1, 0.15) is 75.3 Å². The topological polar surface area (TPSA) is 332 Å². The largest absolute Gasteiger partial charge is 0.507 e. The molecular weight excluding hydrogens is 929 g/mol. The summed E-state index contributed by atoms with van der Waals surface area (Å²) in [7, 11) is 1.30. The molecule has 1 saturated heterocycles. The number of hydrogen-bond donors (Lipinski definition) is 6. The zero-order valence-electron chi connectivity index (χ0n) is 39.4. The van der Waals surface area contributed by atoms with E-state index in [1.807, 2.05) is 0 Å². The molecule has 1 aliphatic heterocycles. The quantitative estimate of drug-likeness (QED) is 0.0163. The van der Waals surface area contributed by atoms with Gasteiger partial charge >= 0.3 is 0 Å². The van der Waals surface area contributed by atoms with Crippen molar-refractivity contribution in [2.24, 2.45) is 5.11 Å². The summed E-state index contributed by atoms with van der Waals surface area (Å²) in [5.74, 6) is -4.55. The molecule has 0 aromatic heterocycles. The van der Waals surface area contributed by atoms with Crippen LogP contribution in [0.3, 0.4) is 0 Å². The number of azide groups is 1. The summed E-state index contributed by atoms with van der Waals surface area (Å²) >= 11 is 0. The number of carbonyl (C=O) groups excluding carboxylic acids is 4. The highest BCUT2D eigenvalue weighted by Crippen LogP contribution is 2.52. The van der Waals surface area contributed by atoms with Gasteiger partial charge in [-0.2, -0.15) is 0 Å². The van der Waals surface area contributed by atoms with E-state index < -0.39 is 102 Å². The van der Waals surface area contributed by atoms with Crippen molar-refractivity contribution in [3.05, 3.63) is 62.0 Å². The van der Waals surface area contributed by atoms with Crippen molar-refractivity contribution in [3.63, 3.8) is 0 Å². The first-order valence-corrected chi connectivity index (χ1v) is 23.0. The van der Waals surface area contributed by atoms with Gasteiger partial charge in [0.05, 0.1) is 148 Å². The number of carbonyl (C=O) groups is 4. The van der Waals surface area contributed by atoms with Gasteiger partial charge in [-0.1, -0.05) is 17.2 Å². The van der Waals surface area contributed by atoms with E-state index in [0.717, 1.165) is 0 Å². The van der Waals surface area contributed by atoms with Crippen molar-refractivity contribution in [1.29, 1.82) is 0 Å². The van der Waals surface area contributed by atoms with Crippen molar-refractivity contribution in [2.75, 3.05) is 126 Å². The van der Waals surface area contributed by atoms with Gasteiger partial charge in [-0.15, -0.1) is 0 Å². The Labute approximate surface area is 403 Å². The molecule has 0 radical (unpaired) electrons. The maximum Gasteiger partial charge on any atom is 0.222 e. The maximum atomic E-state index is 14.0. The number of ether oxygens (including phenoxy) is 11. The molecule has 24 nitrogen and oxygen atoms in total. The predicted octanol–water partition coefficient (Wildman–Crippen LogP) is 0.992. The van der Waals surface area contributed by atoms with E-state index in [9.17, 15) is 44.7 Å². The smallest absolute Gasteiger partial charge is 0.222 e. The molecule has 6 atom stereocenters. The van der Waals surface area contributed by atoms with Gasteiger partial charge in [0.2, 0.25) is 11.7 Å². The average molecular weight is 993 g/mol. The zero-order chi connectivity index (χ0) is 50.5. The molecule has 0 bridgehead atoms. The molecule has 388 valence electrons. The average Bonchev–Trinajstić information content (AvgIpc) is 3.34. The molecule has 70 heavy (non-hydrogen) atoms. The lowest BCUT2D eigenvalue weighted by Crippen LogP contribution is -2.56. The van der Waals surface area contributed by atoms with Crippen LogP contribution in [0.2, 0.25) is 0 Å². The van der Waals surface area contributed by atoms with Gasteiger partial charge in [-0.3, -0.25) is 19.2 Å². The number of fused-ring (bicyclic) bond motifs is 3. The van der Waals surface area contributed by atoms with Crippen LogP contribution in [0, 0.1) is 0 Å². The number of rotatable bonds is 33. The number of aliphatic hydroxyl groups excluding tert-OH is 2. The Morgan fingerprint density at radius 1 is 0.800 bits per heavy atom. The molecule has 2 aromatic carbocycles. The molecule has 0 spiro atoms. The Hall–Kier alpha value is -4.89. The van der Waals surface area contributed by atoms with E-state index in [1.165, 1.54) is 32.2 Å². The molecule has 3 aliphatic rings. The van der Waals surface area contributed by atoms with Gasteiger partial charge < -0.3 is 83.0 Å². The van der Waals surface area contributed by atoms with Gasteiger partial charge in [-0.25, -0.2) is 0 Å². The number of aromatic hydroxyl groups is 2. The number of nitrogens with one attached hydrogen (secondary N) is 1. The summed E-state index contributed by atoms with van der Waals surface area (Å²) in [6.07, 6.45) is -6.25. The number of ketones is 3. The van der Waals surface area contributed by atoms with Crippen LogP contribution in [0.25, 0.3) is 10.4 Å². The van der Waals surface area contributed by atoms with Crippen LogP contribution in [0.15, 0.2) is 23.3 Å². The van der Waals surface area contributed by atoms with Crippen molar-refractivity contribution >= 4 is 23.3 Å². The van der Waals surface area contributed by atoms with Gasteiger partial charge in [0.25, 0.3) is 0 Å². The Morgan fingerprint density at radius 3 is 1.86 bits per heavy atom. The number of methoxy groups -OCH3 is 1. The van der Waals surface area contributed by atoms with Gasteiger partial charge in [0.1, 0.15) is 35.6 Å². The molecule has 2 aliphatic carbocycles. The Balaban J connectivity index is 0.976. The van der Waals surface area contributed by atoms with Crippen molar-refractivity contribution in [3.8, 4) is 17.2 Å². The summed E-state index contributed by atoms with van der Waals surface area (Å²) in [4.78, 5) is 56.3. The van der Waals surface area contributed by atoms with Crippen molar-refractivity contribution in [1.82, 2.24) is 5.32 Å². The van der Waals surface area contributed by atoms with E-state index in [4.69, 9.17) is 57.6 Å². The molecule has 2 aromatic rings. The van der Waals surface area contributed by atoms with Crippen LogP contribution < -0.4 is 10.1 Å². The standard InChI is InChI=1S/C46H64N4O20/c1-28-41(54)31(49-35(53)6-8-61-10-12-63-14-16-65-18-20-67-22-23-68-21-19-66-17-15-64-13-11-62-9-7-48-50-47)24-36(69-28)70-33-26-46(59,34(52)27-51)25-30-38(33)45(58)40-39(43(30)56)42(55)29-4-3-5-32(60-2)37(29)44(40)57/h3-5,28,31,33,36,41,51,54,56,58-59H,6-27H2,1-2H3,(H,49,53)/t28-,31+,33+,36?,41-,46+/m1/s1. The Bertz CT molecular complexity index is 2100. The van der Waals surface area contributed by atoms with Crippen LogP contribution in [-0.4, -0.2) is 205 Å². The summed E-state index contributed by atoms with van der Waals surface area (Å²) in [6.45, 7) is 6.43. The summed E-state index contributed by atoms with van der Waals surface area (Å²) in [6, 6.07) is 3.39. The highest BCUT2D eigenvalue weighted by atomic mass is 16.7. The van der Waals surface area contributed by atoms with E-state index in [2.05, 4.69) is 15.3 Å². The zero-order valence-corrected chi connectivity index (χ0v) is 39.4. The SMILES string of the molecule is COc1cccc2c1C(=O)c1c(O)c3c(c(O)c1C2=O)C[C@@](O)(C(=O)CO)C[C@@H]3OC1C[C@H](NC(=O)CCOCCOCCOCCOCCOCCOCCOCCOCCN=[N+]=[N-])[C@H](O)[C@@H](C)O1. The summed E-state index contributed by atoms with van der Waals surface area (Å²) in [5.41, 5.74) is 4.11. The van der Waals surface area contributed by atoms with Crippen molar-refractivity contribution in [2.45, 2.75) is 68.9 Å². The van der Waals surface area contributed by atoms with Crippen LogP contribution in [-0.2, 0) is 63.4 Å². The minimum atomic E-state index is -2.35. The third kappa shape index (κ3) is 15.3. The highest BCUT2D eigenvalue weighted by Gasteiger charge is 2.50. The number of amides is 1. The molecule has 1 fully saturated rings. The molecule has 1 heterocycles. The lowest BCUT2D eigenvalue weighted by molar-refractivity contribution is -0.249. The predicted molar refractivity (Wildman–Crippen MR) is 241 cm³/mol. The van der Waals surface area contributed by atoms with Gasteiger partial charge in [-0.05, 0) is 18.5 Å². The lowest BCUT2D eigenvalue weighted by atomic mass is 9.72. The van der Waals surface area contributed by atoms with Gasteiger partial charge in [0.15, 0.2) is 17.9 Å². The van der Waals surface area contributed by atoms with Crippen LogP contribution >= 0.6 is 0 Å². The first-order valence-electron chi connectivity index (χ1n) is 23.0. The van der Waals surface area contributed by atoms with Gasteiger partial charge in [0, 0.05) is 53.8 Å². The molecular formula is C46H64N4O20. The minimum absolute atomic E-state index is 0.0462. The second-order valence-electron chi connectivity index (χ2n) is 16.3. The number of hydrogen-bond acceptors (Lipinski definition) is 21. The first-order chi connectivity index (χ1) is 33.9. The molecule has 0 saturated carbocycles. The van der Waals surface area contributed by atoms with Crippen molar-refractivity contribution < 1.29 is 96.8 Å². The Morgan fingerprint density at radius 2 is 1.33 bits per heavy atom. The fourth-order valence-electron chi connectivity index (χ4n) is 8.09. The lowest BCUT2D eigenvalue weighted by Gasteiger charge is -2.43. The summed E-state index contributed by atoms with van der Waals surface area (Å²) in [5, 5.41) is 61.8. The Kier molecular flexibility index (Phi) is 23.1. The van der Waals surface area contributed by atoms with E-state index >= 15 is 0 Å². The molecule has 5 rings (SSSR count). The first kappa shape index (κ1) is 56.0. The fourth-order valence-corrected chi connectivity index (χ4v) is 8.09. The van der Waals surface area contributed by atoms with Crippen LogP contribution in [0.5, 0.6) is 17.2 Å². The third-order valence-corrected chi connectivity index (χ3v) is 11.6. The van der Waals surface area contributed by atoms with Crippen LogP contribution in [0.4, 0.5) is 0 Å². The number of Topliss-reactive ketones (excluding diaryl/α,β-unsaturated/α-hetero) is 1. The van der Waals surface area contributed by atoms with E-state index in [0.29, 0.717) is 92.4 Å². The number of phenolic OH excluding ortho intramolecular Hbond substituents is 2. The third-order valence-electron chi connectivity index (χ3n) is 11.6. The second-order valence-corrected chi connectivity index (χ2v) is 16.3. The molecule has 1 amide bonds. The van der Waals surface area contributed by atoms with E-state index in [1.54, 1.807) is 0 Å². The second kappa shape index (κ2) is 28.8. The van der Waals surface area contributed by atoms with E-state index in [-0.39, 0.29) is 60.7 Å².